The molecule has 0 aromatic heterocycles. The van der Waals surface area contributed by atoms with Gasteiger partial charge in [0.15, 0.2) is 0 Å². The molecule has 0 spiro atoms. The molecule has 0 aliphatic rings. The molecule has 0 saturated carbocycles. The van der Waals surface area contributed by atoms with E-state index in [4.69, 9.17) is 9.47 Å². The quantitative estimate of drug-likeness (QED) is 0.644. The van der Waals surface area contributed by atoms with Gasteiger partial charge in [-0.2, -0.15) is 0 Å². The maximum absolute atomic E-state index is 13.0. The SMILES string of the molecule is CCOC(=O)CCN(Cc1ccccc1)C(=O)c1cccc(OCC)c1. The van der Waals surface area contributed by atoms with Crippen LogP contribution in [-0.4, -0.2) is 36.5 Å². The average molecular weight is 355 g/mol. The number of rotatable bonds is 9. The number of carbonyl (C=O) groups excluding carboxylic acids is 2. The summed E-state index contributed by atoms with van der Waals surface area (Å²) < 4.78 is 10.5. The molecule has 0 saturated heterocycles. The third-order valence-corrected chi connectivity index (χ3v) is 3.79. The van der Waals surface area contributed by atoms with Crippen molar-refractivity contribution in [3.05, 3.63) is 65.7 Å². The number of carbonyl (C=O) groups is 2. The maximum Gasteiger partial charge on any atom is 0.307 e. The predicted molar refractivity (Wildman–Crippen MR) is 100 cm³/mol. The number of hydrogen-bond acceptors (Lipinski definition) is 4. The smallest absolute Gasteiger partial charge is 0.307 e. The third-order valence-electron chi connectivity index (χ3n) is 3.79. The van der Waals surface area contributed by atoms with Gasteiger partial charge in [0.2, 0.25) is 0 Å². The molecule has 1 amide bonds. The van der Waals surface area contributed by atoms with E-state index >= 15 is 0 Å². The first-order valence-electron chi connectivity index (χ1n) is 8.85. The molecule has 0 atom stereocenters. The van der Waals surface area contributed by atoms with Crippen LogP contribution in [0.3, 0.4) is 0 Å². The van der Waals surface area contributed by atoms with Crippen molar-refractivity contribution in [2.75, 3.05) is 19.8 Å². The summed E-state index contributed by atoms with van der Waals surface area (Å²) >= 11 is 0. The van der Waals surface area contributed by atoms with Gasteiger partial charge in [-0.15, -0.1) is 0 Å². The lowest BCUT2D eigenvalue weighted by Gasteiger charge is -2.23. The summed E-state index contributed by atoms with van der Waals surface area (Å²) in [5.41, 5.74) is 1.54. The highest BCUT2D eigenvalue weighted by atomic mass is 16.5. The van der Waals surface area contributed by atoms with Gasteiger partial charge in [0.05, 0.1) is 19.6 Å². The fourth-order valence-electron chi connectivity index (χ4n) is 2.58. The molecule has 26 heavy (non-hydrogen) atoms. The van der Waals surface area contributed by atoms with Gasteiger partial charge in [-0.05, 0) is 37.6 Å². The summed E-state index contributed by atoms with van der Waals surface area (Å²) in [6.07, 6.45) is 0.164. The first kappa shape index (κ1) is 19.5. The largest absolute Gasteiger partial charge is 0.494 e. The van der Waals surface area contributed by atoms with E-state index in [0.717, 1.165) is 5.56 Å². The fraction of sp³-hybridized carbons (Fsp3) is 0.333. The molecule has 138 valence electrons. The molecule has 0 heterocycles. The van der Waals surface area contributed by atoms with E-state index in [-0.39, 0.29) is 18.3 Å². The zero-order valence-corrected chi connectivity index (χ0v) is 15.3. The lowest BCUT2D eigenvalue weighted by atomic mass is 10.1. The molecule has 0 fully saturated rings. The van der Waals surface area contributed by atoms with Gasteiger partial charge in [-0.1, -0.05) is 36.4 Å². The minimum atomic E-state index is -0.304. The minimum absolute atomic E-state index is 0.139. The van der Waals surface area contributed by atoms with Crippen molar-refractivity contribution >= 4 is 11.9 Å². The van der Waals surface area contributed by atoms with E-state index in [1.807, 2.05) is 43.3 Å². The van der Waals surface area contributed by atoms with Crippen LogP contribution in [-0.2, 0) is 16.1 Å². The second kappa shape index (κ2) is 10.2. The fourth-order valence-corrected chi connectivity index (χ4v) is 2.58. The van der Waals surface area contributed by atoms with Crippen LogP contribution in [0.4, 0.5) is 0 Å². The molecule has 2 aromatic carbocycles. The Morgan fingerprint density at radius 3 is 2.42 bits per heavy atom. The first-order valence-corrected chi connectivity index (χ1v) is 8.85. The molecule has 0 N–H and O–H groups in total. The van der Waals surface area contributed by atoms with Crippen molar-refractivity contribution in [3.8, 4) is 5.75 Å². The van der Waals surface area contributed by atoms with Crippen LogP contribution in [0.5, 0.6) is 5.75 Å². The molecule has 5 heteroatoms. The van der Waals surface area contributed by atoms with Crippen molar-refractivity contribution in [2.24, 2.45) is 0 Å². The Labute approximate surface area is 154 Å². The van der Waals surface area contributed by atoms with Crippen LogP contribution in [0.1, 0.15) is 36.2 Å². The van der Waals surface area contributed by atoms with Gasteiger partial charge < -0.3 is 14.4 Å². The molecule has 2 aromatic rings. The molecule has 0 bridgehead atoms. The highest BCUT2D eigenvalue weighted by Gasteiger charge is 2.18. The summed E-state index contributed by atoms with van der Waals surface area (Å²) in [4.78, 5) is 26.4. The van der Waals surface area contributed by atoms with Gasteiger partial charge in [0.1, 0.15) is 5.75 Å². The van der Waals surface area contributed by atoms with Crippen molar-refractivity contribution < 1.29 is 19.1 Å². The molecular formula is C21H25NO4. The lowest BCUT2D eigenvalue weighted by Crippen LogP contribution is -2.33. The zero-order chi connectivity index (χ0) is 18.8. The van der Waals surface area contributed by atoms with Crippen LogP contribution in [0.15, 0.2) is 54.6 Å². The molecule has 2 rings (SSSR count). The van der Waals surface area contributed by atoms with Crippen LogP contribution in [0, 0.1) is 0 Å². The Morgan fingerprint density at radius 2 is 1.73 bits per heavy atom. The molecule has 0 radical (unpaired) electrons. The van der Waals surface area contributed by atoms with Crippen LogP contribution >= 0.6 is 0 Å². The van der Waals surface area contributed by atoms with Gasteiger partial charge in [-0.25, -0.2) is 0 Å². The molecular weight excluding hydrogens is 330 g/mol. The van der Waals surface area contributed by atoms with Crippen molar-refractivity contribution in [2.45, 2.75) is 26.8 Å². The summed E-state index contributed by atoms with van der Waals surface area (Å²) in [6, 6.07) is 16.8. The van der Waals surface area contributed by atoms with Crippen molar-refractivity contribution in [1.29, 1.82) is 0 Å². The second-order valence-electron chi connectivity index (χ2n) is 5.73. The number of benzene rings is 2. The molecule has 0 unspecified atom stereocenters. The van der Waals surface area contributed by atoms with E-state index in [2.05, 4.69) is 0 Å². The van der Waals surface area contributed by atoms with E-state index in [1.165, 1.54) is 0 Å². The van der Waals surface area contributed by atoms with Crippen LogP contribution < -0.4 is 4.74 Å². The zero-order valence-electron chi connectivity index (χ0n) is 15.3. The van der Waals surface area contributed by atoms with Crippen molar-refractivity contribution in [1.82, 2.24) is 4.90 Å². The molecule has 0 aliphatic carbocycles. The highest BCUT2D eigenvalue weighted by molar-refractivity contribution is 5.94. The second-order valence-corrected chi connectivity index (χ2v) is 5.73. The number of ether oxygens (including phenoxy) is 2. The van der Waals surface area contributed by atoms with Gasteiger partial charge in [0, 0.05) is 18.7 Å². The maximum atomic E-state index is 13.0. The van der Waals surface area contributed by atoms with E-state index in [9.17, 15) is 9.59 Å². The number of amides is 1. The van der Waals surface area contributed by atoms with E-state index < -0.39 is 0 Å². The number of hydrogen-bond donors (Lipinski definition) is 0. The predicted octanol–water partition coefficient (Wildman–Crippen LogP) is 3.68. The number of esters is 1. The van der Waals surface area contributed by atoms with E-state index in [0.29, 0.717) is 37.6 Å². The Balaban J connectivity index is 2.16. The summed E-state index contributed by atoms with van der Waals surface area (Å²) in [7, 11) is 0. The Hall–Kier alpha value is -2.82. The summed E-state index contributed by atoms with van der Waals surface area (Å²) in [5, 5.41) is 0. The average Bonchev–Trinajstić information content (AvgIpc) is 2.66. The third kappa shape index (κ3) is 5.92. The topological polar surface area (TPSA) is 55.8 Å². The number of nitrogens with zero attached hydrogens (tertiary/aromatic N) is 1. The summed E-state index contributed by atoms with van der Waals surface area (Å²) in [6.45, 7) is 5.26. The summed E-state index contributed by atoms with van der Waals surface area (Å²) in [5.74, 6) is 0.213. The standard InChI is InChI=1S/C21H25NO4/c1-3-25-19-12-8-11-18(15-19)21(24)22(14-13-20(23)26-4-2)16-17-9-6-5-7-10-17/h5-12,15H,3-4,13-14,16H2,1-2H3. The van der Waals surface area contributed by atoms with Crippen molar-refractivity contribution in [3.63, 3.8) is 0 Å². The van der Waals surface area contributed by atoms with Gasteiger partial charge in [0.25, 0.3) is 5.91 Å². The van der Waals surface area contributed by atoms with E-state index in [1.54, 1.807) is 30.0 Å². The van der Waals surface area contributed by atoms with Crippen LogP contribution in [0.25, 0.3) is 0 Å². The Morgan fingerprint density at radius 1 is 0.962 bits per heavy atom. The highest BCUT2D eigenvalue weighted by Crippen LogP contribution is 2.17. The van der Waals surface area contributed by atoms with Crippen LogP contribution in [0.2, 0.25) is 0 Å². The monoisotopic (exact) mass is 355 g/mol. The minimum Gasteiger partial charge on any atom is -0.494 e. The first-order chi connectivity index (χ1) is 12.6. The molecule has 5 nitrogen and oxygen atoms in total. The molecule has 0 aliphatic heterocycles. The van der Waals surface area contributed by atoms with Gasteiger partial charge >= 0.3 is 5.97 Å². The van der Waals surface area contributed by atoms with Gasteiger partial charge in [-0.3, -0.25) is 9.59 Å². The normalized spacial score (nSPS) is 10.2. The lowest BCUT2D eigenvalue weighted by molar-refractivity contribution is -0.143. The Bertz CT molecular complexity index is 715. The Kier molecular flexibility index (Phi) is 7.68.